The Balaban J connectivity index is 3.56. The summed E-state index contributed by atoms with van der Waals surface area (Å²) in [6.45, 7) is 11.2. The van der Waals surface area contributed by atoms with Gasteiger partial charge in [0.15, 0.2) is 6.29 Å². The molecule has 0 aromatic carbocycles. The first-order chi connectivity index (χ1) is 4.45. The minimum Gasteiger partial charge on any atom is -0.473 e. The maximum absolute atomic E-state index is 5.38. The van der Waals surface area contributed by atoms with E-state index in [1.165, 1.54) is 6.26 Å². The van der Waals surface area contributed by atoms with Crippen LogP contribution in [0.15, 0.2) is 12.8 Å². The summed E-state index contributed by atoms with van der Waals surface area (Å²) in [6.07, 6.45) is 1.17. The second kappa shape index (κ2) is 3.62. The Bertz CT molecular complexity index is 102. The van der Waals surface area contributed by atoms with Gasteiger partial charge >= 0.3 is 0 Å². The second-order valence-corrected chi connectivity index (χ2v) is 3.10. The van der Waals surface area contributed by atoms with Gasteiger partial charge in [0.25, 0.3) is 0 Å². The Morgan fingerprint density at radius 2 is 1.90 bits per heavy atom. The molecule has 0 bridgehead atoms. The summed E-state index contributed by atoms with van der Waals surface area (Å²) in [7, 11) is 0. The molecule has 0 aromatic heterocycles. The van der Waals surface area contributed by atoms with Crippen LogP contribution < -0.4 is 0 Å². The molecule has 0 amide bonds. The Kier molecular flexibility index (Phi) is 3.43. The average Bonchev–Trinajstić information content (AvgIpc) is 1.59. The zero-order chi connectivity index (χ0) is 8.20. The van der Waals surface area contributed by atoms with Crippen molar-refractivity contribution in [2.75, 3.05) is 0 Å². The zero-order valence-corrected chi connectivity index (χ0v) is 7.18. The molecule has 0 aliphatic rings. The van der Waals surface area contributed by atoms with Crippen molar-refractivity contribution in [2.24, 2.45) is 0 Å². The van der Waals surface area contributed by atoms with Gasteiger partial charge in [0.2, 0.25) is 0 Å². The smallest absolute Gasteiger partial charge is 0.196 e. The van der Waals surface area contributed by atoms with Crippen molar-refractivity contribution >= 4 is 0 Å². The van der Waals surface area contributed by atoms with Crippen LogP contribution in [0.5, 0.6) is 0 Å². The fraction of sp³-hybridized carbons (Fsp3) is 0.750. The molecule has 2 nitrogen and oxygen atoms in total. The SMILES string of the molecule is C=COC(C)OC(C)(C)C. The summed E-state index contributed by atoms with van der Waals surface area (Å²) >= 11 is 0. The summed E-state index contributed by atoms with van der Waals surface area (Å²) in [6, 6.07) is 0. The highest BCUT2D eigenvalue weighted by molar-refractivity contribution is 4.60. The van der Waals surface area contributed by atoms with Crippen LogP contribution in [0.4, 0.5) is 0 Å². The van der Waals surface area contributed by atoms with Crippen LogP contribution in [0.25, 0.3) is 0 Å². The average molecular weight is 144 g/mol. The molecule has 60 valence electrons. The summed E-state index contributed by atoms with van der Waals surface area (Å²) in [5.41, 5.74) is -0.150. The van der Waals surface area contributed by atoms with Gasteiger partial charge in [-0.05, 0) is 27.7 Å². The van der Waals surface area contributed by atoms with Crippen LogP contribution in [0.3, 0.4) is 0 Å². The van der Waals surface area contributed by atoms with Crippen molar-refractivity contribution in [3.8, 4) is 0 Å². The fourth-order valence-corrected chi connectivity index (χ4v) is 0.661. The van der Waals surface area contributed by atoms with E-state index in [2.05, 4.69) is 6.58 Å². The van der Waals surface area contributed by atoms with Gasteiger partial charge in [-0.2, -0.15) is 0 Å². The van der Waals surface area contributed by atoms with Gasteiger partial charge in [0.1, 0.15) is 0 Å². The summed E-state index contributed by atoms with van der Waals surface area (Å²) in [5, 5.41) is 0. The lowest BCUT2D eigenvalue weighted by Gasteiger charge is -2.23. The topological polar surface area (TPSA) is 18.5 Å². The fourth-order valence-electron chi connectivity index (χ4n) is 0.661. The Hall–Kier alpha value is -0.500. The van der Waals surface area contributed by atoms with Gasteiger partial charge in [-0.3, -0.25) is 0 Å². The first-order valence-electron chi connectivity index (χ1n) is 3.40. The van der Waals surface area contributed by atoms with Crippen LogP contribution in [0.2, 0.25) is 0 Å². The van der Waals surface area contributed by atoms with Crippen molar-refractivity contribution in [3.63, 3.8) is 0 Å². The van der Waals surface area contributed by atoms with Gasteiger partial charge in [-0.15, -0.1) is 0 Å². The lowest BCUT2D eigenvalue weighted by molar-refractivity contribution is -0.158. The normalized spacial score (nSPS) is 14.4. The molecular weight excluding hydrogens is 128 g/mol. The first kappa shape index (κ1) is 9.50. The Morgan fingerprint density at radius 3 is 2.20 bits per heavy atom. The quantitative estimate of drug-likeness (QED) is 0.447. The standard InChI is InChI=1S/C8H16O2/c1-6-9-7(2)10-8(3,4)5/h6-7H,1H2,2-5H3. The third-order valence-corrected chi connectivity index (χ3v) is 0.807. The van der Waals surface area contributed by atoms with Gasteiger partial charge in [-0.25, -0.2) is 0 Å². The molecule has 0 N–H and O–H groups in total. The number of hydrogen-bond acceptors (Lipinski definition) is 2. The molecule has 1 unspecified atom stereocenters. The van der Waals surface area contributed by atoms with Crippen LogP contribution in [0, 0.1) is 0 Å². The van der Waals surface area contributed by atoms with Gasteiger partial charge in [0.05, 0.1) is 11.9 Å². The lowest BCUT2D eigenvalue weighted by atomic mass is 10.2. The van der Waals surface area contributed by atoms with E-state index in [1.807, 2.05) is 27.7 Å². The number of rotatable bonds is 3. The summed E-state index contributed by atoms with van der Waals surface area (Å²) in [4.78, 5) is 0. The highest BCUT2D eigenvalue weighted by Gasteiger charge is 2.14. The molecule has 0 spiro atoms. The molecular formula is C8H16O2. The number of hydrogen-bond donors (Lipinski definition) is 0. The lowest BCUT2D eigenvalue weighted by Crippen LogP contribution is -2.26. The van der Waals surface area contributed by atoms with Crippen molar-refractivity contribution < 1.29 is 9.47 Å². The molecule has 1 atom stereocenters. The van der Waals surface area contributed by atoms with Crippen molar-refractivity contribution in [1.82, 2.24) is 0 Å². The molecule has 0 aliphatic carbocycles. The van der Waals surface area contributed by atoms with Crippen molar-refractivity contribution in [2.45, 2.75) is 39.6 Å². The summed E-state index contributed by atoms with van der Waals surface area (Å²) in [5.74, 6) is 0. The molecule has 0 aromatic rings. The molecule has 10 heavy (non-hydrogen) atoms. The van der Waals surface area contributed by atoms with E-state index < -0.39 is 0 Å². The second-order valence-electron chi connectivity index (χ2n) is 3.10. The largest absolute Gasteiger partial charge is 0.473 e. The van der Waals surface area contributed by atoms with Crippen molar-refractivity contribution in [3.05, 3.63) is 12.8 Å². The molecule has 0 rings (SSSR count). The van der Waals surface area contributed by atoms with Crippen LogP contribution in [0.1, 0.15) is 27.7 Å². The van der Waals surface area contributed by atoms with E-state index in [0.717, 1.165) is 0 Å². The highest BCUT2D eigenvalue weighted by atomic mass is 16.7. The maximum Gasteiger partial charge on any atom is 0.196 e. The van der Waals surface area contributed by atoms with E-state index in [4.69, 9.17) is 9.47 Å². The van der Waals surface area contributed by atoms with Gasteiger partial charge < -0.3 is 9.47 Å². The molecule has 0 heterocycles. The van der Waals surface area contributed by atoms with E-state index in [-0.39, 0.29) is 11.9 Å². The third-order valence-electron chi connectivity index (χ3n) is 0.807. The molecule has 0 fully saturated rings. The summed E-state index contributed by atoms with van der Waals surface area (Å²) < 4.78 is 10.3. The predicted molar refractivity (Wildman–Crippen MR) is 41.6 cm³/mol. The van der Waals surface area contributed by atoms with Crippen LogP contribution >= 0.6 is 0 Å². The molecule has 0 radical (unpaired) electrons. The third kappa shape index (κ3) is 5.63. The van der Waals surface area contributed by atoms with Gasteiger partial charge in [0, 0.05) is 0 Å². The Morgan fingerprint density at radius 1 is 1.40 bits per heavy atom. The van der Waals surface area contributed by atoms with Gasteiger partial charge in [-0.1, -0.05) is 6.58 Å². The highest BCUT2D eigenvalue weighted by Crippen LogP contribution is 2.10. The maximum atomic E-state index is 5.38. The molecule has 0 aliphatic heterocycles. The molecule has 2 heteroatoms. The van der Waals surface area contributed by atoms with E-state index in [9.17, 15) is 0 Å². The van der Waals surface area contributed by atoms with E-state index in [1.54, 1.807) is 0 Å². The van der Waals surface area contributed by atoms with E-state index >= 15 is 0 Å². The minimum atomic E-state index is -0.211. The predicted octanol–water partition coefficient (Wildman–Crippen LogP) is 2.31. The van der Waals surface area contributed by atoms with Crippen LogP contribution in [-0.2, 0) is 9.47 Å². The molecule has 0 saturated carbocycles. The zero-order valence-electron chi connectivity index (χ0n) is 7.18. The van der Waals surface area contributed by atoms with Crippen molar-refractivity contribution in [1.29, 1.82) is 0 Å². The van der Waals surface area contributed by atoms with Crippen LogP contribution in [-0.4, -0.2) is 11.9 Å². The minimum absolute atomic E-state index is 0.150. The first-order valence-corrected chi connectivity index (χ1v) is 3.40. The monoisotopic (exact) mass is 144 g/mol. The molecule has 0 saturated heterocycles. The number of ether oxygens (including phenoxy) is 2. The Labute approximate surface area is 62.8 Å². The van der Waals surface area contributed by atoms with E-state index in [0.29, 0.717) is 0 Å².